The third kappa shape index (κ3) is 7.52. The van der Waals surface area contributed by atoms with E-state index in [2.05, 4.69) is 25.7 Å². The number of fused-ring (bicyclic) bond motifs is 1. The lowest BCUT2D eigenvalue weighted by Crippen LogP contribution is -2.47. The third-order valence-corrected chi connectivity index (χ3v) is 4.27. The number of amides is 1. The monoisotopic (exact) mass is 409 g/mol. The van der Waals surface area contributed by atoms with Crippen LogP contribution in [0, 0.1) is 0 Å². The Kier molecular flexibility index (Phi) is 8.24. The smallest absolute Gasteiger partial charge is 0.410 e. The molecule has 2 heterocycles. The highest BCUT2D eigenvalue weighted by molar-refractivity contribution is 5.80. The van der Waals surface area contributed by atoms with E-state index in [4.69, 9.17) is 9.47 Å². The predicted molar refractivity (Wildman–Crippen MR) is 111 cm³/mol. The first-order valence-corrected chi connectivity index (χ1v) is 10.1. The van der Waals surface area contributed by atoms with Gasteiger partial charge in [0.25, 0.3) is 0 Å². The molecule has 1 aliphatic heterocycles. The molecule has 1 aromatic rings. The lowest BCUT2D eigenvalue weighted by atomic mass is 10.1. The Labute approximate surface area is 173 Å². The van der Waals surface area contributed by atoms with Crippen LogP contribution in [-0.2, 0) is 29.0 Å². The number of carbonyl (C=O) groups excluding carboxylic acids is 1. The topological polar surface area (TPSA) is 106 Å². The maximum atomic E-state index is 12.0. The molecule has 10 heteroatoms. The number of carbonyl (C=O) groups is 1. The van der Waals surface area contributed by atoms with Crippen LogP contribution in [0.25, 0.3) is 0 Å². The number of aliphatic imine (C=N–C) groups is 1. The van der Waals surface area contributed by atoms with E-state index in [0.29, 0.717) is 25.5 Å². The fourth-order valence-electron chi connectivity index (χ4n) is 2.92. The molecule has 0 radical (unpaired) electrons. The van der Waals surface area contributed by atoms with Gasteiger partial charge in [0, 0.05) is 39.7 Å². The second kappa shape index (κ2) is 10.4. The Morgan fingerprint density at radius 2 is 2.17 bits per heavy atom. The summed E-state index contributed by atoms with van der Waals surface area (Å²) in [6, 6.07) is 0.209. The molecule has 2 N–H and O–H groups in total. The average molecular weight is 410 g/mol. The van der Waals surface area contributed by atoms with Crippen molar-refractivity contribution in [3.8, 4) is 0 Å². The largest absolute Gasteiger partial charge is 0.444 e. The van der Waals surface area contributed by atoms with Crippen LogP contribution in [-0.4, -0.2) is 77.2 Å². The Morgan fingerprint density at radius 3 is 2.83 bits per heavy atom. The molecule has 0 aliphatic carbocycles. The number of methoxy groups -OCH3 is 1. The van der Waals surface area contributed by atoms with Gasteiger partial charge in [-0.05, 0) is 34.1 Å². The summed E-state index contributed by atoms with van der Waals surface area (Å²) in [5.74, 6) is 2.45. The summed E-state index contributed by atoms with van der Waals surface area (Å²) in [7, 11) is 3.36. The van der Waals surface area contributed by atoms with E-state index in [1.54, 1.807) is 14.2 Å². The van der Waals surface area contributed by atoms with E-state index in [1.165, 1.54) is 4.90 Å². The highest BCUT2D eigenvalue weighted by Crippen LogP contribution is 2.13. The van der Waals surface area contributed by atoms with Gasteiger partial charge in [-0.3, -0.25) is 4.99 Å². The van der Waals surface area contributed by atoms with Crippen molar-refractivity contribution in [1.29, 1.82) is 0 Å². The molecule has 0 saturated heterocycles. The number of nitrogens with zero attached hydrogens (tertiary/aromatic N) is 5. The zero-order valence-electron chi connectivity index (χ0n) is 18.5. The number of likely N-dealkylation sites (N-methyl/N-ethyl adjacent to an activating group) is 1. The normalized spacial score (nSPS) is 16.9. The minimum absolute atomic E-state index is 0.209. The Balaban J connectivity index is 1.88. The molecule has 1 unspecified atom stereocenters. The van der Waals surface area contributed by atoms with Crippen molar-refractivity contribution in [3.63, 3.8) is 0 Å². The number of hydrogen-bond acceptors (Lipinski definition) is 6. The van der Waals surface area contributed by atoms with E-state index >= 15 is 0 Å². The van der Waals surface area contributed by atoms with Crippen LogP contribution < -0.4 is 10.6 Å². The summed E-state index contributed by atoms with van der Waals surface area (Å²) in [5, 5.41) is 11.2. The molecule has 1 aliphatic rings. The van der Waals surface area contributed by atoms with Crippen LogP contribution in [0.5, 0.6) is 0 Å². The maximum Gasteiger partial charge on any atom is 0.410 e. The lowest BCUT2D eigenvalue weighted by molar-refractivity contribution is 0.0304. The van der Waals surface area contributed by atoms with Crippen LogP contribution in [0.1, 0.15) is 45.8 Å². The number of hydrogen-bond donors (Lipinski definition) is 2. The SMILES string of the molecule is CCNC(=NCCN(C)C(=O)OC(C)(C)C)NC1CCc2nc(COC)nn2C1. The summed E-state index contributed by atoms with van der Waals surface area (Å²) < 4.78 is 12.4. The van der Waals surface area contributed by atoms with Crippen molar-refractivity contribution in [3.05, 3.63) is 11.6 Å². The molecule has 2 rings (SSSR count). The van der Waals surface area contributed by atoms with Crippen molar-refractivity contribution >= 4 is 12.1 Å². The highest BCUT2D eigenvalue weighted by atomic mass is 16.6. The summed E-state index contributed by atoms with van der Waals surface area (Å²) in [5.41, 5.74) is -0.505. The molecule has 0 fully saturated rings. The third-order valence-electron chi connectivity index (χ3n) is 4.27. The fraction of sp³-hybridized carbons (Fsp3) is 0.789. The number of nitrogens with one attached hydrogen (secondary N) is 2. The summed E-state index contributed by atoms with van der Waals surface area (Å²) in [4.78, 5) is 22.7. The molecule has 10 nitrogen and oxygen atoms in total. The van der Waals surface area contributed by atoms with Gasteiger partial charge in [0.1, 0.15) is 18.0 Å². The van der Waals surface area contributed by atoms with Gasteiger partial charge in [-0.2, -0.15) is 5.10 Å². The van der Waals surface area contributed by atoms with Gasteiger partial charge in [-0.25, -0.2) is 14.5 Å². The Hall–Kier alpha value is -2.36. The van der Waals surface area contributed by atoms with Gasteiger partial charge in [-0.15, -0.1) is 0 Å². The second-order valence-electron chi connectivity index (χ2n) is 8.10. The van der Waals surface area contributed by atoms with Crippen molar-refractivity contribution in [1.82, 2.24) is 30.3 Å². The van der Waals surface area contributed by atoms with Crippen molar-refractivity contribution in [2.45, 2.75) is 65.3 Å². The molecule has 0 aromatic carbocycles. The molecule has 29 heavy (non-hydrogen) atoms. The average Bonchev–Trinajstić information content (AvgIpc) is 3.02. The molecular formula is C19H35N7O3. The van der Waals surface area contributed by atoms with E-state index < -0.39 is 5.60 Å². The molecular weight excluding hydrogens is 374 g/mol. The minimum Gasteiger partial charge on any atom is -0.444 e. The van der Waals surface area contributed by atoms with Gasteiger partial charge in [0.05, 0.1) is 13.1 Å². The summed E-state index contributed by atoms with van der Waals surface area (Å²) in [6.45, 7) is 10.5. The number of aryl methyl sites for hydroxylation is 1. The van der Waals surface area contributed by atoms with Crippen LogP contribution in [0.4, 0.5) is 4.79 Å². The van der Waals surface area contributed by atoms with Crippen LogP contribution >= 0.6 is 0 Å². The maximum absolute atomic E-state index is 12.0. The lowest BCUT2D eigenvalue weighted by Gasteiger charge is -2.26. The number of rotatable bonds is 7. The van der Waals surface area contributed by atoms with Gasteiger partial charge in [-0.1, -0.05) is 0 Å². The van der Waals surface area contributed by atoms with E-state index in [0.717, 1.165) is 37.7 Å². The van der Waals surface area contributed by atoms with Crippen molar-refractivity contribution < 1.29 is 14.3 Å². The number of ether oxygens (including phenoxy) is 2. The molecule has 0 spiro atoms. The first-order valence-electron chi connectivity index (χ1n) is 10.1. The van der Waals surface area contributed by atoms with Gasteiger partial charge >= 0.3 is 6.09 Å². The highest BCUT2D eigenvalue weighted by Gasteiger charge is 2.23. The molecule has 164 valence electrons. The molecule has 1 atom stereocenters. The zero-order chi connectivity index (χ0) is 21.4. The van der Waals surface area contributed by atoms with Crippen molar-refractivity contribution in [2.75, 3.05) is 33.8 Å². The molecule has 0 bridgehead atoms. The van der Waals surface area contributed by atoms with Crippen LogP contribution in [0.2, 0.25) is 0 Å². The fourth-order valence-corrected chi connectivity index (χ4v) is 2.92. The predicted octanol–water partition coefficient (Wildman–Crippen LogP) is 1.16. The van der Waals surface area contributed by atoms with Gasteiger partial charge < -0.3 is 25.0 Å². The van der Waals surface area contributed by atoms with Gasteiger partial charge in [0.2, 0.25) is 0 Å². The molecule has 1 amide bonds. The van der Waals surface area contributed by atoms with E-state index in [9.17, 15) is 4.79 Å². The van der Waals surface area contributed by atoms with Crippen LogP contribution in [0.15, 0.2) is 4.99 Å². The summed E-state index contributed by atoms with van der Waals surface area (Å²) >= 11 is 0. The van der Waals surface area contributed by atoms with E-state index in [1.807, 2.05) is 32.4 Å². The first-order chi connectivity index (χ1) is 13.7. The van der Waals surface area contributed by atoms with Gasteiger partial charge in [0.15, 0.2) is 11.8 Å². The minimum atomic E-state index is -0.505. The molecule has 1 aromatic heterocycles. The van der Waals surface area contributed by atoms with Crippen LogP contribution in [0.3, 0.4) is 0 Å². The van der Waals surface area contributed by atoms with Crippen molar-refractivity contribution in [2.24, 2.45) is 4.99 Å². The first kappa shape index (κ1) is 22.9. The number of aromatic nitrogens is 3. The quantitative estimate of drug-likeness (QED) is 0.514. The standard InChI is InChI=1S/C19H35N7O3/c1-7-20-17(21-10-11-25(5)18(27)29-19(2,3)4)22-14-8-9-16-23-15(13-28-6)24-26(16)12-14/h14H,7-13H2,1-6H3,(H2,20,21,22). The Morgan fingerprint density at radius 1 is 1.41 bits per heavy atom. The Bertz CT molecular complexity index is 696. The zero-order valence-corrected chi connectivity index (χ0v) is 18.5. The second-order valence-corrected chi connectivity index (χ2v) is 8.10. The number of guanidine groups is 1. The van der Waals surface area contributed by atoms with E-state index in [-0.39, 0.29) is 12.1 Å². The molecule has 0 saturated carbocycles. The summed E-state index contributed by atoms with van der Waals surface area (Å²) in [6.07, 6.45) is 1.46.